The molecule has 0 saturated heterocycles. The first kappa shape index (κ1) is 19.8. The minimum absolute atomic E-state index is 0.121. The van der Waals surface area contributed by atoms with E-state index < -0.39 is 27.1 Å². The molecule has 0 aliphatic rings. The predicted octanol–water partition coefficient (Wildman–Crippen LogP) is 3.27. The van der Waals surface area contributed by atoms with Crippen molar-refractivity contribution in [3.05, 3.63) is 73.3 Å². The molecule has 27 heavy (non-hydrogen) atoms. The summed E-state index contributed by atoms with van der Waals surface area (Å²) in [6.07, 6.45) is 0. The van der Waals surface area contributed by atoms with E-state index >= 15 is 0 Å². The molecule has 9 nitrogen and oxygen atoms in total. The molecule has 142 valence electrons. The normalized spacial score (nSPS) is 10.3. The zero-order chi connectivity index (χ0) is 20.1. The molecule has 0 saturated carbocycles. The molecule has 1 amide bonds. The van der Waals surface area contributed by atoms with Crippen LogP contribution in [0.15, 0.2) is 36.4 Å². The summed E-state index contributed by atoms with van der Waals surface area (Å²) in [6, 6.07) is 8.63. The lowest BCUT2D eigenvalue weighted by atomic mass is 10.1. The highest BCUT2D eigenvalue weighted by molar-refractivity contribution is 5.95. The molecule has 0 aliphatic heterocycles. The average molecular weight is 373 g/mol. The van der Waals surface area contributed by atoms with Crippen molar-refractivity contribution >= 4 is 17.3 Å². The minimum atomic E-state index is -0.771. The van der Waals surface area contributed by atoms with Crippen LogP contribution in [0.1, 0.15) is 21.5 Å². The molecular weight excluding hydrogens is 354 g/mol. The summed E-state index contributed by atoms with van der Waals surface area (Å²) in [5.41, 5.74) is 0.973. The van der Waals surface area contributed by atoms with Gasteiger partial charge >= 0.3 is 0 Å². The van der Waals surface area contributed by atoms with E-state index in [-0.39, 0.29) is 18.7 Å². The summed E-state index contributed by atoms with van der Waals surface area (Å²) >= 11 is 0. The van der Waals surface area contributed by atoms with E-state index in [1.807, 2.05) is 32.0 Å². The zero-order valence-corrected chi connectivity index (χ0v) is 15.2. The number of hydrogen-bond acceptors (Lipinski definition) is 6. The van der Waals surface area contributed by atoms with Crippen LogP contribution < -0.4 is 4.74 Å². The predicted molar refractivity (Wildman–Crippen MR) is 98.1 cm³/mol. The summed E-state index contributed by atoms with van der Waals surface area (Å²) in [5, 5.41) is 21.9. The molecule has 0 heterocycles. The summed E-state index contributed by atoms with van der Waals surface area (Å²) < 4.78 is 5.64. The molecule has 0 unspecified atom stereocenters. The van der Waals surface area contributed by atoms with Crippen molar-refractivity contribution in [3.63, 3.8) is 0 Å². The molecule has 0 aromatic heterocycles. The molecule has 2 aromatic carbocycles. The van der Waals surface area contributed by atoms with Crippen molar-refractivity contribution in [2.45, 2.75) is 13.8 Å². The highest BCUT2D eigenvalue weighted by Crippen LogP contribution is 2.23. The Morgan fingerprint density at radius 1 is 0.963 bits per heavy atom. The Morgan fingerprint density at radius 3 is 1.96 bits per heavy atom. The van der Waals surface area contributed by atoms with Gasteiger partial charge in [0.1, 0.15) is 12.4 Å². The van der Waals surface area contributed by atoms with Crippen molar-refractivity contribution in [2.24, 2.45) is 0 Å². The maximum Gasteiger partial charge on any atom is 0.277 e. The Kier molecular flexibility index (Phi) is 6.07. The number of nitrogens with zero attached hydrogens (tertiary/aromatic N) is 3. The van der Waals surface area contributed by atoms with Crippen molar-refractivity contribution < 1.29 is 19.4 Å². The van der Waals surface area contributed by atoms with E-state index in [4.69, 9.17) is 4.74 Å². The quantitative estimate of drug-likeness (QED) is 0.543. The van der Waals surface area contributed by atoms with Crippen LogP contribution in [0, 0.1) is 34.1 Å². The average Bonchev–Trinajstić information content (AvgIpc) is 2.59. The van der Waals surface area contributed by atoms with E-state index in [1.165, 1.54) is 11.9 Å². The van der Waals surface area contributed by atoms with Gasteiger partial charge in [-0.1, -0.05) is 6.07 Å². The molecule has 0 radical (unpaired) electrons. The third-order valence-corrected chi connectivity index (χ3v) is 3.81. The van der Waals surface area contributed by atoms with Crippen molar-refractivity contribution in [2.75, 3.05) is 20.2 Å². The zero-order valence-electron chi connectivity index (χ0n) is 15.2. The van der Waals surface area contributed by atoms with Crippen molar-refractivity contribution in [1.82, 2.24) is 4.90 Å². The van der Waals surface area contributed by atoms with Gasteiger partial charge in [-0.05, 0) is 37.1 Å². The summed E-state index contributed by atoms with van der Waals surface area (Å²) in [5.74, 6) is 0.116. The van der Waals surface area contributed by atoms with Gasteiger partial charge in [-0.25, -0.2) is 0 Å². The Hall–Kier alpha value is -3.49. The van der Waals surface area contributed by atoms with Crippen LogP contribution in [0.5, 0.6) is 5.75 Å². The number of carbonyl (C=O) groups excluding carboxylic acids is 1. The minimum Gasteiger partial charge on any atom is -0.492 e. The number of rotatable bonds is 7. The fraction of sp³-hybridized carbons (Fsp3) is 0.278. The third-order valence-electron chi connectivity index (χ3n) is 3.81. The number of nitro groups is 2. The number of non-ortho nitro benzene ring substituents is 2. The summed E-state index contributed by atoms with van der Waals surface area (Å²) in [4.78, 5) is 34.1. The lowest BCUT2D eigenvalue weighted by Gasteiger charge is -2.17. The SMILES string of the molecule is Cc1cc(C)cc(OCCN(C)C(=O)c2cc([N+](=O)[O-])cc([N+](=O)[O-])c2)c1. The van der Waals surface area contributed by atoms with Gasteiger partial charge in [-0.3, -0.25) is 25.0 Å². The highest BCUT2D eigenvalue weighted by atomic mass is 16.6. The van der Waals surface area contributed by atoms with Crippen molar-refractivity contribution in [1.29, 1.82) is 0 Å². The van der Waals surface area contributed by atoms with Crippen LogP contribution in [-0.2, 0) is 0 Å². The number of hydrogen-bond donors (Lipinski definition) is 0. The largest absolute Gasteiger partial charge is 0.492 e. The standard InChI is InChI=1S/C18H19N3O6/c1-12-6-13(2)8-17(7-12)27-5-4-19(3)18(22)14-9-15(20(23)24)11-16(10-14)21(25)26/h6-11H,4-5H2,1-3H3. The molecule has 2 rings (SSSR count). The molecular formula is C18H19N3O6. The maximum absolute atomic E-state index is 12.5. The van der Waals surface area contributed by atoms with Crippen LogP contribution in [0.4, 0.5) is 11.4 Å². The molecule has 0 atom stereocenters. The Morgan fingerprint density at radius 2 is 1.48 bits per heavy atom. The smallest absolute Gasteiger partial charge is 0.277 e. The number of ether oxygens (including phenoxy) is 1. The molecule has 2 aromatic rings. The van der Waals surface area contributed by atoms with Crippen LogP contribution >= 0.6 is 0 Å². The Balaban J connectivity index is 2.08. The Bertz CT molecular complexity index is 844. The number of likely N-dealkylation sites (N-methyl/N-ethyl adjacent to an activating group) is 1. The number of carbonyl (C=O) groups is 1. The number of amides is 1. The lowest BCUT2D eigenvalue weighted by molar-refractivity contribution is -0.394. The third kappa shape index (κ3) is 5.24. The highest BCUT2D eigenvalue weighted by Gasteiger charge is 2.21. The van der Waals surface area contributed by atoms with Crippen LogP contribution in [0.2, 0.25) is 0 Å². The van der Waals surface area contributed by atoms with Gasteiger partial charge in [0.15, 0.2) is 0 Å². The van der Waals surface area contributed by atoms with E-state index in [0.29, 0.717) is 5.75 Å². The second kappa shape index (κ2) is 8.26. The van der Waals surface area contributed by atoms with Gasteiger partial charge < -0.3 is 9.64 Å². The topological polar surface area (TPSA) is 116 Å². The van der Waals surface area contributed by atoms with E-state index in [2.05, 4.69) is 0 Å². The number of benzene rings is 2. The van der Waals surface area contributed by atoms with E-state index in [9.17, 15) is 25.0 Å². The van der Waals surface area contributed by atoms with Gasteiger partial charge in [0.2, 0.25) is 0 Å². The molecule has 0 bridgehead atoms. The van der Waals surface area contributed by atoms with E-state index in [0.717, 1.165) is 29.3 Å². The number of aryl methyl sites for hydroxylation is 2. The van der Waals surface area contributed by atoms with Gasteiger partial charge in [-0.2, -0.15) is 0 Å². The second-order valence-corrected chi connectivity index (χ2v) is 6.15. The van der Waals surface area contributed by atoms with Crippen LogP contribution in [-0.4, -0.2) is 40.9 Å². The van der Waals surface area contributed by atoms with Gasteiger partial charge in [-0.15, -0.1) is 0 Å². The summed E-state index contributed by atoms with van der Waals surface area (Å²) in [6.45, 7) is 4.32. The molecule has 0 spiro atoms. The molecule has 0 N–H and O–H groups in total. The maximum atomic E-state index is 12.5. The van der Waals surface area contributed by atoms with Crippen molar-refractivity contribution in [3.8, 4) is 5.75 Å². The van der Waals surface area contributed by atoms with Crippen LogP contribution in [0.25, 0.3) is 0 Å². The van der Waals surface area contributed by atoms with E-state index in [1.54, 1.807) is 0 Å². The fourth-order valence-corrected chi connectivity index (χ4v) is 2.57. The number of nitro benzene ring substituents is 2. The van der Waals surface area contributed by atoms with Gasteiger partial charge in [0.05, 0.1) is 28.0 Å². The van der Waals surface area contributed by atoms with Crippen LogP contribution in [0.3, 0.4) is 0 Å². The first-order valence-electron chi connectivity index (χ1n) is 8.08. The van der Waals surface area contributed by atoms with Gasteiger partial charge in [0.25, 0.3) is 17.3 Å². The monoisotopic (exact) mass is 373 g/mol. The molecule has 9 heteroatoms. The first-order chi connectivity index (χ1) is 12.7. The first-order valence-corrected chi connectivity index (χ1v) is 8.08. The Labute approximate surface area is 155 Å². The lowest BCUT2D eigenvalue weighted by Crippen LogP contribution is -2.31. The fourth-order valence-electron chi connectivity index (χ4n) is 2.57. The van der Waals surface area contributed by atoms with Gasteiger partial charge in [0, 0.05) is 19.2 Å². The second-order valence-electron chi connectivity index (χ2n) is 6.15. The molecule has 0 fully saturated rings. The summed E-state index contributed by atoms with van der Waals surface area (Å²) in [7, 11) is 1.50. The molecule has 0 aliphatic carbocycles.